The molecule has 0 aliphatic heterocycles. The number of ether oxygens (including phenoxy) is 1. The summed E-state index contributed by atoms with van der Waals surface area (Å²) in [5.74, 6) is 0.834. The molecule has 1 unspecified atom stereocenters. The van der Waals surface area contributed by atoms with Crippen molar-refractivity contribution in [1.82, 2.24) is 0 Å². The first-order valence-corrected chi connectivity index (χ1v) is 5.28. The van der Waals surface area contributed by atoms with Crippen LogP contribution >= 0.6 is 0 Å². The van der Waals surface area contributed by atoms with Gasteiger partial charge in [-0.25, -0.2) is 0 Å². The van der Waals surface area contributed by atoms with Crippen molar-refractivity contribution in [2.75, 3.05) is 0 Å². The first-order valence-electron chi connectivity index (χ1n) is 5.28. The van der Waals surface area contributed by atoms with Gasteiger partial charge < -0.3 is 4.74 Å². The number of carbonyl (C=O) groups is 1. The molecule has 0 spiro atoms. The number of hydrogen-bond acceptors (Lipinski definition) is 2. The molecule has 1 saturated carbocycles. The van der Waals surface area contributed by atoms with E-state index in [4.69, 9.17) is 4.74 Å². The maximum absolute atomic E-state index is 11.0. The van der Waals surface area contributed by atoms with Gasteiger partial charge >= 0.3 is 5.97 Å². The lowest BCUT2D eigenvalue weighted by molar-refractivity contribution is -0.190. The Morgan fingerprint density at radius 1 is 1.57 bits per heavy atom. The standard InChI is InChI=1S/C12H18O2/c1-7-5-6-9-11(14-8(2)13)10(7)12(9,3)4/h5,9-11H,6H2,1-4H3/t9-,10-,11?/m1/s1. The van der Waals surface area contributed by atoms with Crippen molar-refractivity contribution >= 4 is 5.97 Å². The van der Waals surface area contributed by atoms with Crippen LogP contribution in [-0.2, 0) is 9.53 Å². The fourth-order valence-corrected chi connectivity index (χ4v) is 3.26. The Balaban J connectivity index is 2.20. The molecule has 2 bridgehead atoms. The van der Waals surface area contributed by atoms with E-state index in [9.17, 15) is 4.79 Å². The number of allylic oxidation sites excluding steroid dienone is 1. The Kier molecular flexibility index (Phi) is 1.98. The van der Waals surface area contributed by atoms with Crippen LogP contribution in [0.4, 0.5) is 0 Å². The van der Waals surface area contributed by atoms with E-state index < -0.39 is 0 Å². The van der Waals surface area contributed by atoms with Gasteiger partial charge in [0.05, 0.1) is 0 Å². The fraction of sp³-hybridized carbons (Fsp3) is 0.750. The summed E-state index contributed by atoms with van der Waals surface area (Å²) in [6.07, 6.45) is 3.50. The summed E-state index contributed by atoms with van der Waals surface area (Å²) in [7, 11) is 0. The average Bonchev–Trinajstić information content (AvgIpc) is 2.01. The quantitative estimate of drug-likeness (QED) is 0.473. The minimum atomic E-state index is -0.143. The zero-order valence-corrected chi connectivity index (χ0v) is 9.33. The van der Waals surface area contributed by atoms with E-state index in [1.54, 1.807) is 0 Å². The largest absolute Gasteiger partial charge is 0.462 e. The second kappa shape index (κ2) is 2.85. The van der Waals surface area contributed by atoms with Crippen LogP contribution in [-0.4, -0.2) is 12.1 Å². The number of rotatable bonds is 1. The molecule has 78 valence electrons. The highest BCUT2D eigenvalue weighted by Crippen LogP contribution is 2.60. The monoisotopic (exact) mass is 194 g/mol. The van der Waals surface area contributed by atoms with Crippen LogP contribution in [0.3, 0.4) is 0 Å². The van der Waals surface area contributed by atoms with Gasteiger partial charge in [0.25, 0.3) is 0 Å². The van der Waals surface area contributed by atoms with Crippen molar-refractivity contribution in [2.45, 2.75) is 40.2 Å². The average molecular weight is 194 g/mol. The van der Waals surface area contributed by atoms with Crippen LogP contribution in [0.15, 0.2) is 11.6 Å². The molecule has 0 amide bonds. The fourth-order valence-electron chi connectivity index (χ4n) is 3.26. The van der Waals surface area contributed by atoms with Crippen molar-refractivity contribution < 1.29 is 9.53 Å². The molecule has 3 atom stereocenters. The van der Waals surface area contributed by atoms with E-state index in [0.29, 0.717) is 17.3 Å². The van der Waals surface area contributed by atoms with Crippen LogP contribution in [0.1, 0.15) is 34.1 Å². The first kappa shape index (κ1) is 9.75. The highest BCUT2D eigenvalue weighted by atomic mass is 16.5. The Bertz CT molecular complexity index is 301. The minimum Gasteiger partial charge on any atom is -0.462 e. The Hall–Kier alpha value is -0.790. The molecule has 3 aliphatic carbocycles. The summed E-state index contributed by atoms with van der Waals surface area (Å²) < 4.78 is 5.38. The summed E-state index contributed by atoms with van der Waals surface area (Å²) in [6, 6.07) is 0. The van der Waals surface area contributed by atoms with Crippen molar-refractivity contribution in [3.63, 3.8) is 0 Å². The van der Waals surface area contributed by atoms with Gasteiger partial charge in [-0.2, -0.15) is 0 Å². The second-order valence-corrected chi connectivity index (χ2v) is 5.16. The van der Waals surface area contributed by atoms with Gasteiger partial charge in [0.15, 0.2) is 0 Å². The lowest BCUT2D eigenvalue weighted by atomic mass is 9.47. The minimum absolute atomic E-state index is 0.143. The van der Waals surface area contributed by atoms with Crippen molar-refractivity contribution in [2.24, 2.45) is 17.3 Å². The molecule has 14 heavy (non-hydrogen) atoms. The normalized spacial score (nSPS) is 38.3. The van der Waals surface area contributed by atoms with E-state index in [0.717, 1.165) is 6.42 Å². The Morgan fingerprint density at radius 3 is 2.64 bits per heavy atom. The molecule has 0 aromatic rings. The van der Waals surface area contributed by atoms with Crippen LogP contribution in [0.2, 0.25) is 0 Å². The van der Waals surface area contributed by atoms with E-state index in [2.05, 4.69) is 26.8 Å². The molecule has 3 rings (SSSR count). The lowest BCUT2D eigenvalue weighted by Gasteiger charge is -2.60. The Labute approximate surface area is 85.3 Å². The molecule has 2 nitrogen and oxygen atoms in total. The van der Waals surface area contributed by atoms with Crippen LogP contribution in [0, 0.1) is 17.3 Å². The van der Waals surface area contributed by atoms with E-state index in [1.807, 2.05) is 0 Å². The molecule has 3 aliphatic rings. The van der Waals surface area contributed by atoms with Gasteiger partial charge in [-0.1, -0.05) is 25.5 Å². The number of esters is 1. The van der Waals surface area contributed by atoms with Gasteiger partial charge in [0.1, 0.15) is 6.10 Å². The predicted molar refractivity (Wildman–Crippen MR) is 54.7 cm³/mol. The number of hydrogen-bond donors (Lipinski definition) is 0. The number of fused-ring (bicyclic) bond motifs is 1. The molecular formula is C12H18O2. The van der Waals surface area contributed by atoms with Crippen LogP contribution in [0.25, 0.3) is 0 Å². The van der Waals surface area contributed by atoms with Gasteiger partial charge in [-0.05, 0) is 18.8 Å². The van der Waals surface area contributed by atoms with Crippen molar-refractivity contribution in [1.29, 1.82) is 0 Å². The van der Waals surface area contributed by atoms with E-state index in [1.165, 1.54) is 12.5 Å². The summed E-state index contributed by atoms with van der Waals surface area (Å²) in [5.41, 5.74) is 1.71. The van der Waals surface area contributed by atoms with Crippen molar-refractivity contribution in [3.8, 4) is 0 Å². The third kappa shape index (κ3) is 1.13. The third-order valence-corrected chi connectivity index (χ3v) is 3.97. The van der Waals surface area contributed by atoms with E-state index in [-0.39, 0.29) is 12.1 Å². The summed E-state index contributed by atoms with van der Waals surface area (Å²) >= 11 is 0. The van der Waals surface area contributed by atoms with Gasteiger partial charge in [0, 0.05) is 18.8 Å². The predicted octanol–water partition coefficient (Wildman–Crippen LogP) is 2.54. The maximum atomic E-state index is 11.0. The van der Waals surface area contributed by atoms with Gasteiger partial charge in [0.2, 0.25) is 0 Å². The summed E-state index contributed by atoms with van der Waals surface area (Å²) in [5, 5.41) is 0. The molecule has 0 N–H and O–H groups in total. The van der Waals surface area contributed by atoms with E-state index >= 15 is 0 Å². The second-order valence-electron chi connectivity index (χ2n) is 5.16. The van der Waals surface area contributed by atoms with Crippen LogP contribution in [0.5, 0.6) is 0 Å². The zero-order valence-electron chi connectivity index (χ0n) is 9.33. The van der Waals surface area contributed by atoms with Crippen molar-refractivity contribution in [3.05, 3.63) is 11.6 Å². The SMILES string of the molecule is CC(=O)OC1[C@H]2CC=C(C)[C@H]1C2(C)C. The van der Waals surface area contributed by atoms with Gasteiger partial charge in [-0.3, -0.25) is 4.79 Å². The molecule has 0 saturated heterocycles. The molecule has 0 radical (unpaired) electrons. The molecule has 1 fully saturated rings. The highest BCUT2D eigenvalue weighted by molar-refractivity contribution is 5.66. The Morgan fingerprint density at radius 2 is 2.21 bits per heavy atom. The van der Waals surface area contributed by atoms with Gasteiger partial charge in [-0.15, -0.1) is 0 Å². The first-order chi connectivity index (χ1) is 6.44. The smallest absolute Gasteiger partial charge is 0.302 e. The zero-order chi connectivity index (χ0) is 10.5. The molecule has 0 aromatic heterocycles. The highest BCUT2D eigenvalue weighted by Gasteiger charge is 2.59. The number of carbonyl (C=O) groups excluding carboxylic acids is 1. The molecular weight excluding hydrogens is 176 g/mol. The molecule has 0 aromatic carbocycles. The molecule has 2 heteroatoms. The molecule has 0 heterocycles. The topological polar surface area (TPSA) is 26.3 Å². The summed E-state index contributed by atoms with van der Waals surface area (Å²) in [4.78, 5) is 11.0. The van der Waals surface area contributed by atoms with Crippen LogP contribution < -0.4 is 0 Å². The lowest BCUT2D eigenvalue weighted by Crippen LogP contribution is -2.61. The summed E-state index contributed by atoms with van der Waals surface area (Å²) in [6.45, 7) is 8.20. The third-order valence-electron chi connectivity index (χ3n) is 3.97. The maximum Gasteiger partial charge on any atom is 0.302 e.